The van der Waals surface area contributed by atoms with Gasteiger partial charge < -0.3 is 9.72 Å². The maximum Gasteiger partial charge on any atom is 0.339 e. The zero-order chi connectivity index (χ0) is 9.84. The second-order valence-corrected chi connectivity index (χ2v) is 2.23. The number of hydrogen-bond acceptors (Lipinski definition) is 4. The first-order valence-electron chi connectivity index (χ1n) is 3.40. The molecular weight excluding hydrogens is 172 g/mol. The molecular formula is C8H6N2O3. The van der Waals surface area contributed by atoms with E-state index in [0.29, 0.717) is 0 Å². The Bertz CT molecular complexity index is 428. The molecule has 1 aromatic heterocycles. The zero-order valence-corrected chi connectivity index (χ0v) is 6.83. The van der Waals surface area contributed by atoms with Gasteiger partial charge in [0, 0.05) is 12.3 Å². The molecule has 0 aromatic carbocycles. The molecule has 0 unspecified atom stereocenters. The average Bonchev–Trinajstić information content (AvgIpc) is 2.16. The van der Waals surface area contributed by atoms with Gasteiger partial charge in [-0.1, -0.05) is 0 Å². The lowest BCUT2D eigenvalue weighted by Gasteiger charge is -1.98. The highest BCUT2D eigenvalue weighted by Gasteiger charge is 2.11. The fourth-order valence-electron chi connectivity index (χ4n) is 0.843. The largest absolute Gasteiger partial charge is 0.465 e. The molecule has 0 bridgehead atoms. The van der Waals surface area contributed by atoms with E-state index in [9.17, 15) is 9.59 Å². The number of ether oxygens (including phenoxy) is 1. The van der Waals surface area contributed by atoms with Crippen LogP contribution in [0.15, 0.2) is 17.1 Å². The van der Waals surface area contributed by atoms with Gasteiger partial charge in [0.25, 0.3) is 0 Å². The second kappa shape index (κ2) is 3.54. The van der Waals surface area contributed by atoms with Gasteiger partial charge >= 0.3 is 5.97 Å². The van der Waals surface area contributed by atoms with Gasteiger partial charge in [-0.2, -0.15) is 5.26 Å². The molecule has 0 saturated carbocycles. The number of nitriles is 1. The summed E-state index contributed by atoms with van der Waals surface area (Å²) in [6.45, 7) is 0. The van der Waals surface area contributed by atoms with E-state index in [1.165, 1.54) is 13.3 Å². The van der Waals surface area contributed by atoms with Crippen LogP contribution >= 0.6 is 0 Å². The Balaban J connectivity index is 3.34. The van der Waals surface area contributed by atoms with Crippen molar-refractivity contribution in [3.8, 4) is 6.07 Å². The lowest BCUT2D eigenvalue weighted by Crippen LogP contribution is -2.12. The number of esters is 1. The van der Waals surface area contributed by atoms with Crippen molar-refractivity contribution in [3.05, 3.63) is 33.7 Å². The maximum absolute atomic E-state index is 11.0. The topological polar surface area (TPSA) is 83.0 Å². The van der Waals surface area contributed by atoms with E-state index in [1.54, 1.807) is 6.07 Å². The van der Waals surface area contributed by atoms with Gasteiger partial charge in [-0.15, -0.1) is 0 Å². The van der Waals surface area contributed by atoms with Gasteiger partial charge in [0.05, 0.1) is 18.2 Å². The van der Waals surface area contributed by atoms with E-state index in [-0.39, 0.29) is 11.1 Å². The number of rotatable bonds is 1. The molecule has 0 aliphatic carbocycles. The standard InChI is InChI=1S/C8H6N2O3/c1-13-8(12)6-2-7(11)10-4-5(6)3-9/h2,4H,1H3,(H,10,11). The fraction of sp³-hybridized carbons (Fsp3) is 0.125. The monoisotopic (exact) mass is 178 g/mol. The summed E-state index contributed by atoms with van der Waals surface area (Å²) in [7, 11) is 1.19. The Morgan fingerprint density at radius 3 is 2.92 bits per heavy atom. The van der Waals surface area contributed by atoms with Crippen LogP contribution in [-0.2, 0) is 4.74 Å². The molecule has 13 heavy (non-hydrogen) atoms. The SMILES string of the molecule is COC(=O)c1cc(=O)[nH]cc1C#N. The van der Waals surface area contributed by atoms with Crippen LogP contribution in [0.5, 0.6) is 0 Å². The summed E-state index contributed by atoms with van der Waals surface area (Å²) < 4.78 is 4.39. The number of hydrogen-bond donors (Lipinski definition) is 1. The van der Waals surface area contributed by atoms with Crippen LogP contribution in [0.2, 0.25) is 0 Å². The van der Waals surface area contributed by atoms with Crippen LogP contribution < -0.4 is 5.56 Å². The quantitative estimate of drug-likeness (QED) is 0.615. The van der Waals surface area contributed by atoms with Crippen molar-refractivity contribution < 1.29 is 9.53 Å². The molecule has 0 fully saturated rings. The molecule has 1 rings (SSSR count). The summed E-state index contributed by atoms with van der Waals surface area (Å²) >= 11 is 0. The molecule has 66 valence electrons. The summed E-state index contributed by atoms with van der Waals surface area (Å²) in [4.78, 5) is 24.1. The molecule has 0 amide bonds. The van der Waals surface area contributed by atoms with Gasteiger partial charge in [-0.3, -0.25) is 4.79 Å². The van der Waals surface area contributed by atoms with Crippen molar-refractivity contribution in [1.82, 2.24) is 4.98 Å². The van der Waals surface area contributed by atoms with E-state index >= 15 is 0 Å². The van der Waals surface area contributed by atoms with E-state index < -0.39 is 11.5 Å². The van der Waals surface area contributed by atoms with Crippen LogP contribution in [0.1, 0.15) is 15.9 Å². The van der Waals surface area contributed by atoms with Crippen molar-refractivity contribution in [2.75, 3.05) is 7.11 Å². The molecule has 0 atom stereocenters. The molecule has 5 heteroatoms. The third-order valence-electron chi connectivity index (χ3n) is 1.45. The van der Waals surface area contributed by atoms with Crippen molar-refractivity contribution >= 4 is 5.97 Å². The van der Waals surface area contributed by atoms with Crippen molar-refractivity contribution in [2.45, 2.75) is 0 Å². The second-order valence-electron chi connectivity index (χ2n) is 2.23. The number of nitrogens with zero attached hydrogens (tertiary/aromatic N) is 1. The van der Waals surface area contributed by atoms with Crippen LogP contribution in [0.25, 0.3) is 0 Å². The third-order valence-corrected chi connectivity index (χ3v) is 1.45. The maximum atomic E-state index is 11.0. The summed E-state index contributed by atoms with van der Waals surface area (Å²) in [6, 6.07) is 2.80. The zero-order valence-electron chi connectivity index (χ0n) is 6.83. The Kier molecular flexibility index (Phi) is 2.45. The fourth-order valence-corrected chi connectivity index (χ4v) is 0.843. The number of methoxy groups -OCH3 is 1. The van der Waals surface area contributed by atoms with Gasteiger partial charge in [0.2, 0.25) is 5.56 Å². The van der Waals surface area contributed by atoms with Gasteiger partial charge in [0.1, 0.15) is 6.07 Å². The third kappa shape index (κ3) is 1.73. The first-order chi connectivity index (χ1) is 6.19. The first kappa shape index (κ1) is 9.00. The van der Waals surface area contributed by atoms with Crippen LogP contribution in [0.4, 0.5) is 0 Å². The molecule has 1 aromatic rings. The van der Waals surface area contributed by atoms with Gasteiger partial charge in [-0.25, -0.2) is 4.79 Å². The van der Waals surface area contributed by atoms with E-state index in [0.717, 1.165) is 6.07 Å². The van der Waals surface area contributed by atoms with Gasteiger partial charge in [0.15, 0.2) is 0 Å². The molecule has 1 heterocycles. The first-order valence-corrected chi connectivity index (χ1v) is 3.40. The lowest BCUT2D eigenvalue weighted by molar-refractivity contribution is 0.0600. The predicted octanol–water partition coefficient (Wildman–Crippen LogP) is 0.0332. The summed E-state index contributed by atoms with van der Waals surface area (Å²) in [5, 5.41) is 8.57. The summed E-state index contributed by atoms with van der Waals surface area (Å²) in [5.74, 6) is -0.692. The van der Waals surface area contributed by atoms with E-state index in [4.69, 9.17) is 5.26 Å². The Labute approximate surface area is 73.6 Å². The van der Waals surface area contributed by atoms with Crippen LogP contribution in [0, 0.1) is 11.3 Å². The molecule has 0 aliphatic rings. The van der Waals surface area contributed by atoms with Crippen molar-refractivity contribution in [3.63, 3.8) is 0 Å². The van der Waals surface area contributed by atoms with E-state index in [1.807, 2.05) is 0 Å². The highest BCUT2D eigenvalue weighted by atomic mass is 16.5. The van der Waals surface area contributed by atoms with Gasteiger partial charge in [-0.05, 0) is 0 Å². The number of nitrogens with one attached hydrogen (secondary N) is 1. The minimum Gasteiger partial charge on any atom is -0.465 e. The van der Waals surface area contributed by atoms with Crippen molar-refractivity contribution in [1.29, 1.82) is 5.26 Å². The molecule has 0 saturated heterocycles. The average molecular weight is 178 g/mol. The number of carbonyl (C=O) groups is 1. The van der Waals surface area contributed by atoms with Crippen LogP contribution in [0.3, 0.4) is 0 Å². The smallest absolute Gasteiger partial charge is 0.339 e. The Hall–Kier alpha value is -2.09. The number of pyridine rings is 1. The van der Waals surface area contributed by atoms with Crippen molar-refractivity contribution in [2.24, 2.45) is 0 Å². The number of aromatic nitrogens is 1. The lowest BCUT2D eigenvalue weighted by atomic mass is 10.1. The number of H-pyrrole nitrogens is 1. The molecule has 0 spiro atoms. The normalized spacial score (nSPS) is 8.92. The minimum absolute atomic E-state index is 0.0197. The van der Waals surface area contributed by atoms with Crippen LogP contribution in [-0.4, -0.2) is 18.1 Å². The predicted molar refractivity (Wildman–Crippen MR) is 43.1 cm³/mol. The Morgan fingerprint density at radius 2 is 2.38 bits per heavy atom. The highest BCUT2D eigenvalue weighted by molar-refractivity contribution is 5.91. The summed E-state index contributed by atoms with van der Waals surface area (Å²) in [5.41, 5.74) is -0.375. The molecule has 0 aliphatic heterocycles. The molecule has 5 nitrogen and oxygen atoms in total. The molecule has 1 N–H and O–H groups in total. The highest BCUT2D eigenvalue weighted by Crippen LogP contribution is 2.03. The summed E-state index contributed by atoms with van der Waals surface area (Å²) in [6.07, 6.45) is 1.18. The minimum atomic E-state index is -0.692. The number of carbonyl (C=O) groups excluding carboxylic acids is 1. The molecule has 0 radical (unpaired) electrons. The number of aromatic amines is 1. The Morgan fingerprint density at radius 1 is 1.69 bits per heavy atom. The van der Waals surface area contributed by atoms with E-state index in [2.05, 4.69) is 9.72 Å².